The highest BCUT2D eigenvalue weighted by atomic mass is 32.1. The second kappa shape index (κ2) is 7.85. The van der Waals surface area contributed by atoms with E-state index in [9.17, 15) is 4.79 Å². The average Bonchev–Trinajstić information content (AvgIpc) is 3.14. The van der Waals surface area contributed by atoms with E-state index in [0.29, 0.717) is 10.6 Å². The molecule has 0 atom stereocenters. The molecule has 0 spiro atoms. The number of ether oxygens (including phenoxy) is 1. The number of aryl methyl sites for hydroxylation is 1. The van der Waals surface area contributed by atoms with Crippen molar-refractivity contribution in [1.29, 1.82) is 0 Å². The number of para-hydroxylation sites is 2. The summed E-state index contributed by atoms with van der Waals surface area (Å²) in [6.07, 6.45) is 0. The third-order valence-corrected chi connectivity index (χ3v) is 5.67. The first-order valence-electron chi connectivity index (χ1n) is 9.97. The number of benzene rings is 3. The van der Waals surface area contributed by atoms with Crippen LogP contribution in [-0.4, -0.2) is 20.7 Å². The number of aromatic amines is 1. The van der Waals surface area contributed by atoms with Crippen molar-refractivity contribution in [1.82, 2.24) is 20.1 Å². The highest BCUT2D eigenvalue weighted by Gasteiger charge is 2.28. The van der Waals surface area contributed by atoms with E-state index in [1.807, 2.05) is 79.7 Å². The highest BCUT2D eigenvalue weighted by molar-refractivity contribution is 7.71. The number of fused-ring (bicyclic) bond motifs is 2. The van der Waals surface area contributed by atoms with Crippen molar-refractivity contribution >= 4 is 18.1 Å². The van der Waals surface area contributed by atoms with Crippen LogP contribution in [0.2, 0.25) is 0 Å². The maximum atomic E-state index is 13.1. The van der Waals surface area contributed by atoms with E-state index in [2.05, 4.69) is 15.5 Å². The third-order valence-electron chi connectivity index (χ3n) is 5.36. The summed E-state index contributed by atoms with van der Waals surface area (Å²) in [5.74, 6) is 1.95. The third kappa shape index (κ3) is 3.64. The van der Waals surface area contributed by atoms with Gasteiger partial charge in [-0.1, -0.05) is 66.2 Å². The zero-order valence-electron chi connectivity index (χ0n) is 16.8. The molecule has 0 unspecified atom stereocenters. The van der Waals surface area contributed by atoms with Crippen LogP contribution in [0, 0.1) is 11.7 Å². The van der Waals surface area contributed by atoms with Crippen LogP contribution in [-0.2, 0) is 11.3 Å². The Hall–Kier alpha value is -3.71. The highest BCUT2D eigenvalue weighted by Crippen LogP contribution is 2.42. The Balaban J connectivity index is 1.45. The molecular weight excluding hydrogens is 408 g/mol. The smallest absolute Gasteiger partial charge is 0.240 e. The standard InChI is InChI=1S/C24H20N4O2S/c1-15-10-12-16(13-11-15)23-26-27-24(31)28(23)14-21(29)25-22-17-6-2-4-8-19(17)30-20-9-5-3-7-18(20)22/h2-13,22H,14H2,1H3,(H,25,29)(H,27,31). The predicted octanol–water partition coefficient (Wildman–Crippen LogP) is 4.93. The van der Waals surface area contributed by atoms with Gasteiger partial charge in [0.15, 0.2) is 10.6 Å². The molecule has 0 saturated heterocycles. The fourth-order valence-corrected chi connectivity index (χ4v) is 4.00. The van der Waals surface area contributed by atoms with E-state index in [0.717, 1.165) is 33.8 Å². The summed E-state index contributed by atoms with van der Waals surface area (Å²) < 4.78 is 8.13. The van der Waals surface area contributed by atoms with Crippen molar-refractivity contribution in [3.8, 4) is 22.9 Å². The second-order valence-electron chi connectivity index (χ2n) is 7.48. The van der Waals surface area contributed by atoms with E-state index >= 15 is 0 Å². The number of nitrogens with zero attached hydrogens (tertiary/aromatic N) is 2. The number of carbonyl (C=O) groups is 1. The number of hydrogen-bond donors (Lipinski definition) is 2. The molecule has 1 aliphatic rings. The number of hydrogen-bond acceptors (Lipinski definition) is 4. The molecule has 0 bridgehead atoms. The van der Waals surface area contributed by atoms with Crippen molar-refractivity contribution in [3.05, 3.63) is 94.3 Å². The molecule has 6 nitrogen and oxygen atoms in total. The Kier molecular flexibility index (Phi) is 4.88. The Morgan fingerprint density at radius 2 is 1.65 bits per heavy atom. The van der Waals surface area contributed by atoms with Crippen molar-refractivity contribution in [2.45, 2.75) is 19.5 Å². The van der Waals surface area contributed by atoms with Gasteiger partial charge >= 0.3 is 0 Å². The quantitative estimate of drug-likeness (QED) is 0.452. The molecule has 7 heteroatoms. The Morgan fingerprint density at radius 3 is 2.29 bits per heavy atom. The van der Waals surface area contributed by atoms with Gasteiger partial charge in [-0.05, 0) is 31.3 Å². The summed E-state index contributed by atoms with van der Waals surface area (Å²) in [5.41, 5.74) is 3.89. The van der Waals surface area contributed by atoms with E-state index in [4.69, 9.17) is 17.0 Å². The van der Waals surface area contributed by atoms with E-state index < -0.39 is 0 Å². The first-order chi connectivity index (χ1) is 15.1. The molecule has 0 radical (unpaired) electrons. The van der Waals surface area contributed by atoms with Crippen LogP contribution in [0.15, 0.2) is 72.8 Å². The zero-order valence-corrected chi connectivity index (χ0v) is 17.6. The molecule has 2 N–H and O–H groups in total. The van der Waals surface area contributed by atoms with E-state index in [-0.39, 0.29) is 18.5 Å². The van der Waals surface area contributed by atoms with Gasteiger partial charge in [0.2, 0.25) is 5.91 Å². The molecule has 154 valence electrons. The number of nitrogens with one attached hydrogen (secondary N) is 2. The lowest BCUT2D eigenvalue weighted by atomic mass is 9.94. The minimum absolute atomic E-state index is 0.0558. The van der Waals surface area contributed by atoms with Crippen molar-refractivity contribution < 1.29 is 9.53 Å². The van der Waals surface area contributed by atoms with Gasteiger partial charge in [-0.2, -0.15) is 5.10 Å². The van der Waals surface area contributed by atoms with Gasteiger partial charge in [0.05, 0.1) is 6.04 Å². The van der Waals surface area contributed by atoms with Crippen LogP contribution < -0.4 is 10.1 Å². The Bertz CT molecular complexity index is 1280. The number of aromatic nitrogens is 3. The van der Waals surface area contributed by atoms with Crippen molar-refractivity contribution in [2.24, 2.45) is 0 Å². The maximum Gasteiger partial charge on any atom is 0.240 e. The minimum Gasteiger partial charge on any atom is -0.457 e. The summed E-state index contributed by atoms with van der Waals surface area (Å²) in [6.45, 7) is 2.08. The number of H-pyrrole nitrogens is 1. The molecule has 0 aliphatic carbocycles. The molecule has 1 aromatic heterocycles. The van der Waals surface area contributed by atoms with Gasteiger partial charge in [0.25, 0.3) is 0 Å². The first kappa shape index (κ1) is 19.3. The van der Waals surface area contributed by atoms with Gasteiger partial charge in [-0.15, -0.1) is 0 Å². The minimum atomic E-state index is -0.308. The van der Waals surface area contributed by atoms with Gasteiger partial charge in [0, 0.05) is 16.7 Å². The molecule has 3 aromatic carbocycles. The van der Waals surface area contributed by atoms with E-state index in [1.54, 1.807) is 4.57 Å². The maximum absolute atomic E-state index is 13.1. The normalized spacial score (nSPS) is 12.5. The molecule has 1 amide bonds. The molecule has 4 aromatic rings. The fourth-order valence-electron chi connectivity index (χ4n) is 3.80. The second-order valence-corrected chi connectivity index (χ2v) is 7.87. The van der Waals surface area contributed by atoms with Crippen LogP contribution >= 0.6 is 12.2 Å². The average molecular weight is 429 g/mol. The van der Waals surface area contributed by atoms with Crippen LogP contribution in [0.4, 0.5) is 0 Å². The number of amides is 1. The van der Waals surface area contributed by atoms with Crippen LogP contribution in [0.25, 0.3) is 11.4 Å². The van der Waals surface area contributed by atoms with E-state index in [1.165, 1.54) is 0 Å². The summed E-state index contributed by atoms with van der Waals surface area (Å²) >= 11 is 5.39. The first-order valence-corrected chi connectivity index (χ1v) is 10.4. The fraction of sp³-hybridized carbons (Fsp3) is 0.125. The molecule has 0 saturated carbocycles. The van der Waals surface area contributed by atoms with Crippen LogP contribution in [0.5, 0.6) is 11.5 Å². The van der Waals surface area contributed by atoms with Crippen molar-refractivity contribution in [2.75, 3.05) is 0 Å². The molecule has 0 fully saturated rings. The molecule has 5 rings (SSSR count). The topological polar surface area (TPSA) is 71.9 Å². The SMILES string of the molecule is Cc1ccc(-c2n[nH]c(=S)n2CC(=O)NC2c3ccccc3Oc3ccccc32)cc1. The van der Waals surface area contributed by atoms with Gasteiger partial charge in [0.1, 0.15) is 18.0 Å². The van der Waals surface area contributed by atoms with Gasteiger partial charge < -0.3 is 10.1 Å². The summed E-state index contributed by atoms with van der Waals surface area (Å²) in [5, 5.41) is 10.3. The largest absolute Gasteiger partial charge is 0.457 e. The summed E-state index contributed by atoms with van der Waals surface area (Å²) in [4.78, 5) is 13.1. The predicted molar refractivity (Wildman–Crippen MR) is 121 cm³/mol. The molecule has 1 aliphatic heterocycles. The monoisotopic (exact) mass is 428 g/mol. The number of carbonyl (C=O) groups excluding carboxylic acids is 1. The molecule has 2 heterocycles. The van der Waals surface area contributed by atoms with Gasteiger partial charge in [-0.25, -0.2) is 0 Å². The lowest BCUT2D eigenvalue weighted by Gasteiger charge is -2.28. The summed E-state index contributed by atoms with van der Waals surface area (Å²) in [7, 11) is 0. The lowest BCUT2D eigenvalue weighted by molar-refractivity contribution is -0.122. The number of rotatable bonds is 4. The Morgan fingerprint density at radius 1 is 1.03 bits per heavy atom. The van der Waals surface area contributed by atoms with Crippen LogP contribution in [0.1, 0.15) is 22.7 Å². The van der Waals surface area contributed by atoms with Crippen molar-refractivity contribution in [3.63, 3.8) is 0 Å². The molecular formula is C24H20N4O2S. The lowest BCUT2D eigenvalue weighted by Crippen LogP contribution is -2.33. The van der Waals surface area contributed by atoms with Crippen LogP contribution in [0.3, 0.4) is 0 Å². The molecule has 31 heavy (non-hydrogen) atoms. The Labute approximate surface area is 184 Å². The van der Waals surface area contributed by atoms with Gasteiger partial charge in [-0.3, -0.25) is 14.5 Å². The summed E-state index contributed by atoms with van der Waals surface area (Å²) in [6, 6.07) is 23.1. The zero-order chi connectivity index (χ0) is 21.4.